The number of imidazole rings is 1. The standard InChI is InChI=1S/C20H21N3O2/c1-25-17-7-4-6-16(14-17)10-11-20(24)21-12-5-13-23-15-22-18-8-2-3-9-19(18)23/h2-4,6-11,14-15H,5,12-13H2,1H3,(H,21,24)/b11-10+. The Morgan fingerprint density at radius 1 is 1.24 bits per heavy atom. The van der Waals surface area contributed by atoms with Crippen molar-refractivity contribution in [2.75, 3.05) is 13.7 Å². The highest BCUT2D eigenvalue weighted by Gasteiger charge is 2.01. The van der Waals surface area contributed by atoms with E-state index in [0.717, 1.165) is 35.3 Å². The maximum Gasteiger partial charge on any atom is 0.244 e. The lowest BCUT2D eigenvalue weighted by Gasteiger charge is -2.05. The second kappa shape index (κ2) is 8.15. The fourth-order valence-electron chi connectivity index (χ4n) is 2.63. The molecule has 1 amide bonds. The molecule has 0 radical (unpaired) electrons. The Labute approximate surface area is 146 Å². The van der Waals surface area contributed by atoms with E-state index < -0.39 is 0 Å². The van der Waals surface area contributed by atoms with Crippen LogP contribution in [0.15, 0.2) is 60.9 Å². The van der Waals surface area contributed by atoms with Crippen LogP contribution in [0.2, 0.25) is 0 Å². The van der Waals surface area contributed by atoms with Crippen molar-refractivity contribution >= 4 is 23.0 Å². The molecule has 0 fully saturated rings. The molecule has 3 aromatic rings. The third-order valence-corrected chi connectivity index (χ3v) is 3.92. The number of nitrogens with one attached hydrogen (secondary N) is 1. The van der Waals surface area contributed by atoms with Crippen molar-refractivity contribution in [2.45, 2.75) is 13.0 Å². The molecular weight excluding hydrogens is 314 g/mol. The summed E-state index contributed by atoms with van der Waals surface area (Å²) in [5, 5.41) is 2.90. The predicted octanol–water partition coefficient (Wildman–Crippen LogP) is 3.26. The Kier molecular flexibility index (Phi) is 5.46. The summed E-state index contributed by atoms with van der Waals surface area (Å²) in [5.41, 5.74) is 3.04. The van der Waals surface area contributed by atoms with Crippen molar-refractivity contribution in [3.8, 4) is 5.75 Å². The summed E-state index contributed by atoms with van der Waals surface area (Å²) in [5.74, 6) is 0.674. The van der Waals surface area contributed by atoms with Gasteiger partial charge in [-0.3, -0.25) is 4.79 Å². The van der Waals surface area contributed by atoms with Gasteiger partial charge in [-0.05, 0) is 42.3 Å². The molecule has 1 heterocycles. The topological polar surface area (TPSA) is 56.1 Å². The number of hydrogen-bond donors (Lipinski definition) is 1. The van der Waals surface area contributed by atoms with Crippen LogP contribution < -0.4 is 10.1 Å². The number of methoxy groups -OCH3 is 1. The van der Waals surface area contributed by atoms with E-state index >= 15 is 0 Å². The molecule has 0 bridgehead atoms. The Balaban J connectivity index is 1.45. The molecular formula is C20H21N3O2. The van der Waals surface area contributed by atoms with Gasteiger partial charge >= 0.3 is 0 Å². The molecule has 2 aromatic carbocycles. The molecule has 0 aliphatic rings. The van der Waals surface area contributed by atoms with Crippen LogP contribution in [0.5, 0.6) is 5.75 Å². The third-order valence-electron chi connectivity index (χ3n) is 3.92. The minimum absolute atomic E-state index is 0.0988. The molecule has 0 spiro atoms. The quantitative estimate of drug-likeness (QED) is 0.532. The van der Waals surface area contributed by atoms with Crippen molar-refractivity contribution in [3.63, 3.8) is 0 Å². The normalized spacial score (nSPS) is 11.1. The molecule has 0 atom stereocenters. The molecule has 3 rings (SSSR count). The number of fused-ring (bicyclic) bond motifs is 1. The molecule has 1 N–H and O–H groups in total. The Morgan fingerprint density at radius 2 is 2.12 bits per heavy atom. The highest BCUT2D eigenvalue weighted by Crippen LogP contribution is 2.13. The third kappa shape index (κ3) is 4.47. The van der Waals surface area contributed by atoms with Gasteiger partial charge in [-0.15, -0.1) is 0 Å². The van der Waals surface area contributed by atoms with E-state index in [0.29, 0.717) is 6.54 Å². The van der Waals surface area contributed by atoms with Gasteiger partial charge in [0.15, 0.2) is 0 Å². The number of hydrogen-bond acceptors (Lipinski definition) is 3. The zero-order valence-electron chi connectivity index (χ0n) is 14.2. The smallest absolute Gasteiger partial charge is 0.244 e. The van der Waals surface area contributed by atoms with E-state index in [1.54, 1.807) is 19.3 Å². The highest BCUT2D eigenvalue weighted by atomic mass is 16.5. The van der Waals surface area contributed by atoms with Crippen LogP contribution in [0.3, 0.4) is 0 Å². The van der Waals surface area contributed by atoms with Crippen LogP contribution in [-0.2, 0) is 11.3 Å². The lowest BCUT2D eigenvalue weighted by molar-refractivity contribution is -0.116. The minimum Gasteiger partial charge on any atom is -0.497 e. The molecule has 5 heteroatoms. The number of ether oxygens (including phenoxy) is 1. The Bertz CT molecular complexity index is 883. The number of benzene rings is 2. The van der Waals surface area contributed by atoms with Crippen LogP contribution in [0.4, 0.5) is 0 Å². The molecule has 0 aliphatic heterocycles. The van der Waals surface area contributed by atoms with Gasteiger partial charge in [0.05, 0.1) is 24.5 Å². The summed E-state index contributed by atoms with van der Waals surface area (Å²) in [4.78, 5) is 16.3. The zero-order valence-corrected chi connectivity index (χ0v) is 14.2. The van der Waals surface area contributed by atoms with Crippen molar-refractivity contribution in [2.24, 2.45) is 0 Å². The number of carbonyl (C=O) groups is 1. The number of carbonyl (C=O) groups excluding carboxylic acids is 1. The van der Waals surface area contributed by atoms with Crippen LogP contribution in [0, 0.1) is 0 Å². The van der Waals surface area contributed by atoms with E-state index in [2.05, 4.69) is 20.9 Å². The van der Waals surface area contributed by atoms with Gasteiger partial charge in [-0.2, -0.15) is 0 Å². The number of para-hydroxylation sites is 2. The molecule has 25 heavy (non-hydrogen) atoms. The molecule has 128 valence electrons. The van der Waals surface area contributed by atoms with E-state index in [-0.39, 0.29) is 5.91 Å². The van der Waals surface area contributed by atoms with E-state index in [1.165, 1.54) is 0 Å². The number of aromatic nitrogens is 2. The van der Waals surface area contributed by atoms with Gasteiger partial charge in [0, 0.05) is 19.2 Å². The van der Waals surface area contributed by atoms with Gasteiger partial charge in [-0.1, -0.05) is 24.3 Å². The number of amides is 1. The second-order valence-corrected chi connectivity index (χ2v) is 5.68. The largest absolute Gasteiger partial charge is 0.497 e. The van der Waals surface area contributed by atoms with Crippen LogP contribution >= 0.6 is 0 Å². The molecule has 0 saturated carbocycles. The van der Waals surface area contributed by atoms with Crippen molar-refractivity contribution < 1.29 is 9.53 Å². The predicted molar refractivity (Wildman–Crippen MR) is 99.4 cm³/mol. The monoisotopic (exact) mass is 335 g/mol. The number of nitrogens with zero attached hydrogens (tertiary/aromatic N) is 2. The summed E-state index contributed by atoms with van der Waals surface area (Å²) < 4.78 is 7.27. The van der Waals surface area contributed by atoms with Crippen molar-refractivity contribution in [1.82, 2.24) is 14.9 Å². The molecule has 5 nitrogen and oxygen atoms in total. The summed E-state index contributed by atoms with van der Waals surface area (Å²) >= 11 is 0. The molecule has 0 unspecified atom stereocenters. The lowest BCUT2D eigenvalue weighted by atomic mass is 10.2. The highest BCUT2D eigenvalue weighted by molar-refractivity contribution is 5.91. The van der Waals surface area contributed by atoms with Gasteiger partial charge in [0.25, 0.3) is 0 Å². The van der Waals surface area contributed by atoms with E-state index in [9.17, 15) is 4.79 Å². The molecule has 0 aliphatic carbocycles. The Hall–Kier alpha value is -3.08. The van der Waals surface area contributed by atoms with E-state index in [1.807, 2.05) is 48.8 Å². The van der Waals surface area contributed by atoms with Crippen molar-refractivity contribution in [3.05, 3.63) is 66.5 Å². The van der Waals surface area contributed by atoms with Crippen LogP contribution in [-0.4, -0.2) is 29.1 Å². The van der Waals surface area contributed by atoms with Gasteiger partial charge in [-0.25, -0.2) is 4.98 Å². The zero-order chi connectivity index (χ0) is 17.5. The van der Waals surface area contributed by atoms with Crippen LogP contribution in [0.25, 0.3) is 17.1 Å². The maximum atomic E-state index is 11.9. The summed E-state index contributed by atoms with van der Waals surface area (Å²) in [6.07, 6.45) is 6.01. The Morgan fingerprint density at radius 3 is 3.00 bits per heavy atom. The van der Waals surface area contributed by atoms with E-state index in [4.69, 9.17) is 4.74 Å². The fourth-order valence-corrected chi connectivity index (χ4v) is 2.63. The fraction of sp³-hybridized carbons (Fsp3) is 0.200. The molecule has 0 saturated heterocycles. The summed E-state index contributed by atoms with van der Waals surface area (Å²) in [7, 11) is 1.62. The maximum absolute atomic E-state index is 11.9. The number of rotatable bonds is 7. The second-order valence-electron chi connectivity index (χ2n) is 5.68. The minimum atomic E-state index is -0.0988. The van der Waals surface area contributed by atoms with Crippen molar-refractivity contribution in [1.29, 1.82) is 0 Å². The lowest BCUT2D eigenvalue weighted by Crippen LogP contribution is -2.23. The first-order valence-corrected chi connectivity index (χ1v) is 8.26. The SMILES string of the molecule is COc1cccc(/C=C/C(=O)NCCCn2cnc3ccccc32)c1. The summed E-state index contributed by atoms with van der Waals surface area (Å²) in [6, 6.07) is 15.6. The molecule has 1 aromatic heterocycles. The van der Waals surface area contributed by atoms with Gasteiger partial charge in [0.2, 0.25) is 5.91 Å². The van der Waals surface area contributed by atoms with Gasteiger partial charge in [0.1, 0.15) is 5.75 Å². The summed E-state index contributed by atoms with van der Waals surface area (Å²) in [6.45, 7) is 1.44. The number of aryl methyl sites for hydroxylation is 1. The first kappa shape index (κ1) is 16.8. The first-order valence-electron chi connectivity index (χ1n) is 8.26. The average molecular weight is 335 g/mol. The van der Waals surface area contributed by atoms with Gasteiger partial charge < -0.3 is 14.6 Å². The average Bonchev–Trinajstić information content (AvgIpc) is 3.07. The first-order chi connectivity index (χ1) is 12.3. The van der Waals surface area contributed by atoms with Crippen LogP contribution in [0.1, 0.15) is 12.0 Å².